The number of hydrogen-bond donors (Lipinski definition) is 1. The van der Waals surface area contributed by atoms with E-state index in [9.17, 15) is 8.42 Å². The largest absolute Gasteiger partial charge is 0.465 e. The number of nitrogens with zero attached hydrogens (tertiary/aromatic N) is 1. The third-order valence-corrected chi connectivity index (χ3v) is 5.37. The Balaban J connectivity index is 1.87. The highest BCUT2D eigenvalue weighted by atomic mass is 32.2. The Bertz CT molecular complexity index is 549. The van der Waals surface area contributed by atoms with Crippen molar-refractivity contribution in [3.8, 4) is 0 Å². The molecule has 0 spiro atoms. The van der Waals surface area contributed by atoms with E-state index in [-0.39, 0.29) is 11.5 Å². The molecule has 1 aliphatic rings. The van der Waals surface area contributed by atoms with Gasteiger partial charge in [0.2, 0.25) is 0 Å². The minimum atomic E-state index is -2.81. The van der Waals surface area contributed by atoms with E-state index in [4.69, 9.17) is 4.42 Å². The summed E-state index contributed by atoms with van der Waals surface area (Å²) in [5.41, 5.74) is 1.19. The lowest BCUT2D eigenvalue weighted by molar-refractivity contribution is 0.260. The SMILES string of the molecule is Cc1oc(CN2CCS(=O)(=O)CC2)cc1CNCC(C)C. The second kappa shape index (κ2) is 6.94. The Hall–Kier alpha value is -0.850. The van der Waals surface area contributed by atoms with E-state index >= 15 is 0 Å². The Kier molecular flexibility index (Phi) is 5.46. The van der Waals surface area contributed by atoms with Crippen molar-refractivity contribution in [2.45, 2.75) is 33.9 Å². The third-order valence-electron chi connectivity index (χ3n) is 3.76. The molecule has 21 heavy (non-hydrogen) atoms. The number of hydrogen-bond acceptors (Lipinski definition) is 5. The maximum absolute atomic E-state index is 11.4. The van der Waals surface area contributed by atoms with Gasteiger partial charge < -0.3 is 9.73 Å². The van der Waals surface area contributed by atoms with Crippen LogP contribution < -0.4 is 5.32 Å². The minimum Gasteiger partial charge on any atom is -0.465 e. The molecule has 120 valence electrons. The van der Waals surface area contributed by atoms with E-state index in [1.165, 1.54) is 5.56 Å². The van der Waals surface area contributed by atoms with Gasteiger partial charge in [-0.3, -0.25) is 4.90 Å². The number of aryl methyl sites for hydroxylation is 1. The average Bonchev–Trinajstić information content (AvgIpc) is 2.72. The van der Waals surface area contributed by atoms with Crippen molar-refractivity contribution in [3.63, 3.8) is 0 Å². The van der Waals surface area contributed by atoms with Crippen LogP contribution in [-0.2, 0) is 22.9 Å². The molecular weight excluding hydrogens is 288 g/mol. The summed E-state index contributed by atoms with van der Waals surface area (Å²) >= 11 is 0. The van der Waals surface area contributed by atoms with Crippen LogP contribution in [0.5, 0.6) is 0 Å². The van der Waals surface area contributed by atoms with Crippen LogP contribution in [0.2, 0.25) is 0 Å². The van der Waals surface area contributed by atoms with E-state index in [1.54, 1.807) is 0 Å². The summed E-state index contributed by atoms with van der Waals surface area (Å²) in [4.78, 5) is 2.14. The van der Waals surface area contributed by atoms with E-state index in [0.717, 1.165) is 24.6 Å². The molecule has 0 bridgehead atoms. The molecule has 2 heterocycles. The molecule has 5 nitrogen and oxygen atoms in total. The van der Waals surface area contributed by atoms with Gasteiger partial charge in [0.15, 0.2) is 9.84 Å². The molecule has 1 N–H and O–H groups in total. The predicted octanol–water partition coefficient (Wildman–Crippen LogP) is 1.56. The third kappa shape index (κ3) is 5.13. The molecule has 2 rings (SSSR count). The van der Waals surface area contributed by atoms with E-state index < -0.39 is 9.84 Å². The molecule has 0 saturated carbocycles. The van der Waals surface area contributed by atoms with Gasteiger partial charge in [-0.25, -0.2) is 8.42 Å². The normalized spacial score (nSPS) is 19.2. The highest BCUT2D eigenvalue weighted by Crippen LogP contribution is 2.17. The monoisotopic (exact) mass is 314 g/mol. The van der Waals surface area contributed by atoms with E-state index in [1.807, 2.05) is 6.92 Å². The topological polar surface area (TPSA) is 62.6 Å². The quantitative estimate of drug-likeness (QED) is 0.863. The van der Waals surface area contributed by atoms with Gasteiger partial charge in [0, 0.05) is 25.2 Å². The van der Waals surface area contributed by atoms with Crippen LogP contribution in [0.4, 0.5) is 0 Å². The standard InChI is InChI=1S/C15H26N2O3S/c1-12(2)9-16-10-14-8-15(20-13(14)3)11-17-4-6-21(18,19)7-5-17/h8,12,16H,4-7,9-11H2,1-3H3. The highest BCUT2D eigenvalue weighted by Gasteiger charge is 2.22. The summed E-state index contributed by atoms with van der Waals surface area (Å²) in [5.74, 6) is 3.02. The van der Waals surface area contributed by atoms with Crippen molar-refractivity contribution in [3.05, 3.63) is 23.2 Å². The molecule has 1 aromatic heterocycles. The van der Waals surface area contributed by atoms with Crippen LogP contribution in [0.25, 0.3) is 0 Å². The van der Waals surface area contributed by atoms with Gasteiger partial charge >= 0.3 is 0 Å². The first kappa shape index (κ1) is 16.5. The number of nitrogens with one attached hydrogen (secondary N) is 1. The molecule has 1 fully saturated rings. The Morgan fingerprint density at radius 2 is 2.00 bits per heavy atom. The van der Waals surface area contributed by atoms with Crippen molar-refractivity contribution in [1.82, 2.24) is 10.2 Å². The lowest BCUT2D eigenvalue weighted by Gasteiger charge is -2.25. The molecular formula is C15H26N2O3S. The molecule has 1 aliphatic heterocycles. The van der Waals surface area contributed by atoms with E-state index in [0.29, 0.717) is 25.6 Å². The average molecular weight is 314 g/mol. The summed E-state index contributed by atoms with van der Waals surface area (Å²) in [7, 11) is -2.81. The van der Waals surface area contributed by atoms with Gasteiger partial charge in [0.05, 0.1) is 18.1 Å². The van der Waals surface area contributed by atoms with Crippen LogP contribution in [0.15, 0.2) is 10.5 Å². The molecule has 0 aliphatic carbocycles. The second-order valence-corrected chi connectivity index (χ2v) is 8.55. The summed E-state index contributed by atoms with van der Waals surface area (Å²) < 4.78 is 28.6. The zero-order valence-electron chi connectivity index (χ0n) is 13.2. The molecule has 6 heteroatoms. The number of rotatable bonds is 6. The predicted molar refractivity (Wildman–Crippen MR) is 83.9 cm³/mol. The zero-order chi connectivity index (χ0) is 15.5. The molecule has 0 atom stereocenters. The van der Waals surface area contributed by atoms with Gasteiger partial charge in [0.1, 0.15) is 11.5 Å². The van der Waals surface area contributed by atoms with Crippen LogP contribution in [0, 0.1) is 12.8 Å². The van der Waals surface area contributed by atoms with Gasteiger partial charge in [-0.15, -0.1) is 0 Å². The smallest absolute Gasteiger partial charge is 0.152 e. The maximum atomic E-state index is 11.4. The van der Waals surface area contributed by atoms with Crippen molar-refractivity contribution >= 4 is 9.84 Å². The Morgan fingerprint density at radius 1 is 1.33 bits per heavy atom. The van der Waals surface area contributed by atoms with E-state index in [2.05, 4.69) is 30.1 Å². The highest BCUT2D eigenvalue weighted by molar-refractivity contribution is 7.91. The van der Waals surface area contributed by atoms with Crippen molar-refractivity contribution in [2.24, 2.45) is 5.92 Å². The first-order chi connectivity index (χ1) is 9.85. The number of furan rings is 1. The zero-order valence-corrected chi connectivity index (χ0v) is 14.0. The minimum absolute atomic E-state index is 0.259. The lowest BCUT2D eigenvalue weighted by atomic mass is 10.2. The number of sulfone groups is 1. The first-order valence-electron chi connectivity index (χ1n) is 7.57. The second-order valence-electron chi connectivity index (χ2n) is 6.25. The fraction of sp³-hybridized carbons (Fsp3) is 0.733. The summed E-state index contributed by atoms with van der Waals surface area (Å²) in [6, 6.07) is 2.09. The molecule has 1 aromatic rings. The van der Waals surface area contributed by atoms with Gasteiger partial charge in [0.25, 0.3) is 0 Å². The molecule has 0 radical (unpaired) electrons. The maximum Gasteiger partial charge on any atom is 0.152 e. The molecule has 0 amide bonds. The molecule has 0 unspecified atom stereocenters. The first-order valence-corrected chi connectivity index (χ1v) is 9.39. The summed E-state index contributed by atoms with van der Waals surface area (Å²) in [5, 5.41) is 3.42. The summed E-state index contributed by atoms with van der Waals surface area (Å²) in [6.45, 7) is 10.1. The molecule has 0 aromatic carbocycles. The fourth-order valence-electron chi connectivity index (χ4n) is 2.47. The van der Waals surface area contributed by atoms with Crippen molar-refractivity contribution < 1.29 is 12.8 Å². The summed E-state index contributed by atoms with van der Waals surface area (Å²) in [6.07, 6.45) is 0. The van der Waals surface area contributed by atoms with Gasteiger partial charge in [-0.1, -0.05) is 13.8 Å². The Morgan fingerprint density at radius 3 is 2.62 bits per heavy atom. The lowest BCUT2D eigenvalue weighted by Crippen LogP contribution is -2.39. The van der Waals surface area contributed by atoms with Crippen LogP contribution >= 0.6 is 0 Å². The van der Waals surface area contributed by atoms with Gasteiger partial charge in [-0.2, -0.15) is 0 Å². The van der Waals surface area contributed by atoms with Crippen molar-refractivity contribution in [2.75, 3.05) is 31.1 Å². The molecule has 1 saturated heterocycles. The van der Waals surface area contributed by atoms with Crippen LogP contribution in [0.1, 0.15) is 30.9 Å². The Labute approximate surface area is 127 Å². The van der Waals surface area contributed by atoms with Gasteiger partial charge in [-0.05, 0) is 25.5 Å². The van der Waals surface area contributed by atoms with Crippen LogP contribution in [-0.4, -0.2) is 44.5 Å². The fourth-order valence-corrected chi connectivity index (χ4v) is 3.74. The van der Waals surface area contributed by atoms with Crippen molar-refractivity contribution in [1.29, 1.82) is 0 Å². The van der Waals surface area contributed by atoms with Crippen LogP contribution in [0.3, 0.4) is 0 Å².